The van der Waals surface area contributed by atoms with Crippen molar-refractivity contribution < 1.29 is 0 Å². The molecule has 0 N–H and O–H groups in total. The summed E-state index contributed by atoms with van der Waals surface area (Å²) in [4.78, 5) is 10.4. The molecule has 10 rings (SSSR count). The van der Waals surface area contributed by atoms with Crippen molar-refractivity contribution in [3.8, 4) is 56.2 Å². The summed E-state index contributed by atoms with van der Waals surface area (Å²) in [6.45, 7) is 0. The molecule has 52 heavy (non-hydrogen) atoms. The second-order valence-electron chi connectivity index (χ2n) is 13.4. The average molecular weight is 661 g/mol. The Hall–Kier alpha value is -6.90. The van der Waals surface area contributed by atoms with Crippen LogP contribution in [-0.2, 0) is 0 Å². The van der Waals surface area contributed by atoms with Crippen LogP contribution in [0.2, 0.25) is 0 Å². The number of hydrogen-bond donors (Lipinski definition) is 0. The molecule has 0 aliphatic carbocycles. The third-order valence-electron chi connectivity index (χ3n) is 10.2. The Balaban J connectivity index is 1.14. The first kappa shape index (κ1) is 30.0. The summed E-state index contributed by atoms with van der Waals surface area (Å²) in [6, 6.07) is 69.3. The van der Waals surface area contributed by atoms with E-state index in [1.165, 1.54) is 54.2 Å². The molecular weight excluding hydrogens is 629 g/mol. The maximum absolute atomic E-state index is 5.19. The predicted molar refractivity (Wildman–Crippen MR) is 219 cm³/mol. The zero-order valence-corrected chi connectivity index (χ0v) is 28.4. The van der Waals surface area contributed by atoms with Gasteiger partial charge in [-0.3, -0.25) is 0 Å². The minimum absolute atomic E-state index is 0.705. The van der Waals surface area contributed by atoms with E-state index in [1.54, 1.807) is 0 Å². The molecule has 0 atom stereocenters. The largest absolute Gasteiger partial charge is 0.228 e. The highest BCUT2D eigenvalue weighted by Crippen LogP contribution is 2.39. The van der Waals surface area contributed by atoms with Crippen molar-refractivity contribution in [1.29, 1.82) is 0 Å². The van der Waals surface area contributed by atoms with E-state index in [-0.39, 0.29) is 0 Å². The Labute approximate surface area is 302 Å². The van der Waals surface area contributed by atoms with Crippen LogP contribution in [0.1, 0.15) is 0 Å². The predicted octanol–water partition coefficient (Wildman–Crippen LogP) is 13.4. The number of nitrogens with zero attached hydrogens (tertiary/aromatic N) is 2. The van der Waals surface area contributed by atoms with E-state index in [9.17, 15) is 0 Å². The highest BCUT2D eigenvalue weighted by atomic mass is 14.9. The fourth-order valence-electron chi connectivity index (χ4n) is 7.74. The summed E-state index contributed by atoms with van der Waals surface area (Å²) < 4.78 is 0. The van der Waals surface area contributed by atoms with Crippen LogP contribution in [0.3, 0.4) is 0 Å². The zero-order chi connectivity index (χ0) is 34.4. The van der Waals surface area contributed by atoms with Gasteiger partial charge in [0.1, 0.15) is 0 Å². The summed E-state index contributed by atoms with van der Waals surface area (Å²) in [6.07, 6.45) is 0. The van der Waals surface area contributed by atoms with Crippen LogP contribution in [0, 0.1) is 0 Å². The third kappa shape index (κ3) is 5.21. The minimum atomic E-state index is 0.705. The standard InChI is InChI=1S/C50H32N2/c1-2-14-33(15-3-1)50-51-48(38-20-12-18-34(28-38)46-30-36-16-4-6-22-40(36)42-24-8-10-26-44(42)46)32-49(52-50)39-21-13-19-35(29-39)47-31-37-17-5-7-23-41(37)43-25-9-11-27-45(43)47/h1-32H. The van der Waals surface area contributed by atoms with Crippen molar-refractivity contribution in [3.63, 3.8) is 0 Å². The van der Waals surface area contributed by atoms with Crippen LogP contribution in [-0.4, -0.2) is 9.97 Å². The summed E-state index contributed by atoms with van der Waals surface area (Å²) in [5, 5.41) is 10.0. The monoisotopic (exact) mass is 660 g/mol. The summed E-state index contributed by atoms with van der Waals surface area (Å²) in [5.74, 6) is 0.705. The number of rotatable bonds is 5. The highest BCUT2D eigenvalue weighted by molar-refractivity contribution is 6.15. The fraction of sp³-hybridized carbons (Fsp3) is 0. The lowest BCUT2D eigenvalue weighted by atomic mass is 9.92. The van der Waals surface area contributed by atoms with Crippen molar-refractivity contribution in [1.82, 2.24) is 9.97 Å². The molecule has 1 aromatic heterocycles. The second-order valence-corrected chi connectivity index (χ2v) is 13.4. The van der Waals surface area contributed by atoms with E-state index in [1.807, 2.05) is 18.2 Å². The number of hydrogen-bond acceptors (Lipinski definition) is 2. The first-order valence-electron chi connectivity index (χ1n) is 17.7. The molecule has 0 fully saturated rings. The summed E-state index contributed by atoms with van der Waals surface area (Å²) in [7, 11) is 0. The van der Waals surface area contributed by atoms with Crippen LogP contribution in [0.15, 0.2) is 194 Å². The smallest absolute Gasteiger partial charge is 0.160 e. The zero-order valence-electron chi connectivity index (χ0n) is 28.4. The maximum Gasteiger partial charge on any atom is 0.160 e. The molecule has 0 saturated heterocycles. The van der Waals surface area contributed by atoms with Gasteiger partial charge in [-0.2, -0.15) is 0 Å². The van der Waals surface area contributed by atoms with Gasteiger partial charge in [0, 0.05) is 16.7 Å². The van der Waals surface area contributed by atoms with E-state index in [0.29, 0.717) is 5.82 Å². The molecule has 0 unspecified atom stereocenters. The van der Waals surface area contributed by atoms with Crippen molar-refractivity contribution >= 4 is 43.1 Å². The summed E-state index contributed by atoms with van der Waals surface area (Å²) in [5.41, 5.74) is 9.60. The molecule has 0 bridgehead atoms. The van der Waals surface area contributed by atoms with Gasteiger partial charge in [-0.25, -0.2) is 9.97 Å². The molecule has 1 heterocycles. The quantitative estimate of drug-likeness (QED) is 0.172. The van der Waals surface area contributed by atoms with Crippen LogP contribution >= 0.6 is 0 Å². The van der Waals surface area contributed by atoms with Gasteiger partial charge < -0.3 is 0 Å². The Bertz CT molecular complexity index is 2780. The van der Waals surface area contributed by atoms with Gasteiger partial charge in [-0.05, 0) is 95.7 Å². The van der Waals surface area contributed by atoms with Gasteiger partial charge in [0.25, 0.3) is 0 Å². The highest BCUT2D eigenvalue weighted by Gasteiger charge is 2.15. The Morgan fingerprint density at radius 1 is 0.250 bits per heavy atom. The number of benzene rings is 9. The molecule has 0 spiro atoms. The normalized spacial score (nSPS) is 11.5. The molecule has 0 aliphatic heterocycles. The molecular formula is C50H32N2. The number of aromatic nitrogens is 2. The molecule has 9 aromatic carbocycles. The van der Waals surface area contributed by atoms with Gasteiger partial charge in [0.2, 0.25) is 0 Å². The van der Waals surface area contributed by atoms with Gasteiger partial charge in [0.05, 0.1) is 11.4 Å². The molecule has 242 valence electrons. The lowest BCUT2D eigenvalue weighted by Gasteiger charge is -2.14. The maximum atomic E-state index is 5.19. The topological polar surface area (TPSA) is 25.8 Å². The molecule has 10 aromatic rings. The fourth-order valence-corrected chi connectivity index (χ4v) is 7.74. The molecule has 0 aliphatic rings. The van der Waals surface area contributed by atoms with Crippen molar-refractivity contribution in [3.05, 3.63) is 194 Å². The van der Waals surface area contributed by atoms with E-state index >= 15 is 0 Å². The number of fused-ring (bicyclic) bond motifs is 6. The first-order valence-corrected chi connectivity index (χ1v) is 17.7. The third-order valence-corrected chi connectivity index (χ3v) is 10.2. The van der Waals surface area contributed by atoms with Crippen LogP contribution in [0.4, 0.5) is 0 Å². The van der Waals surface area contributed by atoms with Crippen LogP contribution in [0.25, 0.3) is 99.2 Å². The molecule has 0 amide bonds. The molecule has 0 radical (unpaired) electrons. The Kier molecular flexibility index (Phi) is 7.18. The van der Waals surface area contributed by atoms with Gasteiger partial charge in [-0.15, -0.1) is 0 Å². The van der Waals surface area contributed by atoms with Crippen molar-refractivity contribution in [2.75, 3.05) is 0 Å². The van der Waals surface area contributed by atoms with Gasteiger partial charge >= 0.3 is 0 Å². The lowest BCUT2D eigenvalue weighted by molar-refractivity contribution is 1.18. The molecule has 0 saturated carbocycles. The Morgan fingerprint density at radius 2 is 0.635 bits per heavy atom. The SMILES string of the molecule is c1ccc(-c2nc(-c3cccc(-c4cc5ccccc5c5ccccc45)c3)cc(-c3cccc(-c4cc5ccccc5c5ccccc45)c3)n2)cc1. The van der Waals surface area contributed by atoms with E-state index < -0.39 is 0 Å². The van der Waals surface area contributed by atoms with Gasteiger partial charge in [-0.1, -0.05) is 164 Å². The van der Waals surface area contributed by atoms with Crippen LogP contribution in [0.5, 0.6) is 0 Å². The van der Waals surface area contributed by atoms with Crippen molar-refractivity contribution in [2.45, 2.75) is 0 Å². The minimum Gasteiger partial charge on any atom is -0.228 e. The lowest BCUT2D eigenvalue weighted by Crippen LogP contribution is -1.96. The van der Waals surface area contributed by atoms with E-state index in [2.05, 4.69) is 176 Å². The van der Waals surface area contributed by atoms with Crippen LogP contribution < -0.4 is 0 Å². The van der Waals surface area contributed by atoms with Gasteiger partial charge in [0.15, 0.2) is 5.82 Å². The molecule has 2 nitrogen and oxygen atoms in total. The first-order chi connectivity index (χ1) is 25.8. The van der Waals surface area contributed by atoms with E-state index in [0.717, 1.165) is 39.2 Å². The Morgan fingerprint density at radius 3 is 1.13 bits per heavy atom. The molecule has 2 heteroatoms. The van der Waals surface area contributed by atoms with Crippen molar-refractivity contribution in [2.24, 2.45) is 0 Å². The summed E-state index contributed by atoms with van der Waals surface area (Å²) >= 11 is 0. The average Bonchev–Trinajstić information content (AvgIpc) is 3.23. The second kappa shape index (κ2) is 12.5. The van der Waals surface area contributed by atoms with E-state index in [4.69, 9.17) is 9.97 Å².